The summed E-state index contributed by atoms with van der Waals surface area (Å²) in [5.41, 5.74) is 0. The second kappa shape index (κ2) is 50.6. The molecular weight excluding hydrogens is 876 g/mol. The van der Waals surface area contributed by atoms with Gasteiger partial charge in [-0.1, -0.05) is 234 Å². The van der Waals surface area contributed by atoms with Crippen molar-refractivity contribution >= 4 is 13.7 Å². The van der Waals surface area contributed by atoms with Gasteiger partial charge < -0.3 is 28.8 Å². The highest BCUT2D eigenvalue weighted by Gasteiger charge is 2.23. The maximum atomic E-state index is 13.0. The fourth-order valence-corrected chi connectivity index (χ4v) is 8.61. The predicted octanol–water partition coefficient (Wildman–Crippen LogP) is 16.6. The van der Waals surface area contributed by atoms with E-state index in [-0.39, 0.29) is 12.5 Å². The van der Waals surface area contributed by atoms with Crippen molar-refractivity contribution in [1.29, 1.82) is 0 Å². The second-order valence-electron chi connectivity index (χ2n) is 20.2. The lowest BCUT2D eigenvalue weighted by Crippen LogP contribution is -2.45. The van der Waals surface area contributed by atoms with Crippen LogP contribution in [0.25, 0.3) is 0 Å². The van der Waals surface area contributed by atoms with Gasteiger partial charge in [-0.15, -0.1) is 0 Å². The maximum Gasteiger partial charge on any atom is 0.268 e. The van der Waals surface area contributed by atoms with Gasteiger partial charge in [0.25, 0.3) is 7.82 Å². The number of carbonyl (C=O) groups excluding carboxylic acids is 1. The van der Waals surface area contributed by atoms with Crippen LogP contribution in [0.2, 0.25) is 0 Å². The first-order chi connectivity index (χ1) is 33.5. The first kappa shape index (κ1) is 66.7. The summed E-state index contributed by atoms with van der Waals surface area (Å²) in [5, 5.41) is 13.9. The van der Waals surface area contributed by atoms with Crippen molar-refractivity contribution in [3.63, 3.8) is 0 Å². The Bertz CT molecular complexity index is 1400. The van der Waals surface area contributed by atoms with Crippen LogP contribution >= 0.6 is 7.82 Å². The van der Waals surface area contributed by atoms with E-state index >= 15 is 0 Å². The van der Waals surface area contributed by atoms with Crippen LogP contribution in [-0.4, -0.2) is 68.5 Å². The fraction of sp³-hybridized carbons (Fsp3) is 0.750. The zero-order chi connectivity index (χ0) is 50.6. The molecule has 400 valence electrons. The van der Waals surface area contributed by atoms with Crippen LogP contribution < -0.4 is 10.2 Å². The molecule has 69 heavy (non-hydrogen) atoms. The van der Waals surface area contributed by atoms with Gasteiger partial charge in [0.05, 0.1) is 39.9 Å². The molecule has 9 heteroatoms. The van der Waals surface area contributed by atoms with Crippen LogP contribution in [0.1, 0.15) is 239 Å². The lowest BCUT2D eigenvalue weighted by atomic mass is 10.0. The van der Waals surface area contributed by atoms with E-state index in [1.807, 2.05) is 27.2 Å². The largest absolute Gasteiger partial charge is 0.756 e. The molecule has 0 saturated heterocycles. The molecule has 3 atom stereocenters. The van der Waals surface area contributed by atoms with Gasteiger partial charge in [0.1, 0.15) is 13.2 Å². The van der Waals surface area contributed by atoms with Gasteiger partial charge in [-0.05, 0) is 83.5 Å². The van der Waals surface area contributed by atoms with E-state index in [1.165, 1.54) is 141 Å². The van der Waals surface area contributed by atoms with Gasteiger partial charge in [0.2, 0.25) is 5.91 Å². The number of carbonyl (C=O) groups is 1. The number of allylic oxidation sites excluding steroid dienone is 13. The lowest BCUT2D eigenvalue weighted by molar-refractivity contribution is -0.870. The quantitative estimate of drug-likeness (QED) is 0.0272. The lowest BCUT2D eigenvalue weighted by Gasteiger charge is -2.29. The molecule has 0 radical (unpaired) electrons. The second-order valence-corrected chi connectivity index (χ2v) is 21.7. The van der Waals surface area contributed by atoms with Crippen molar-refractivity contribution in [3.05, 3.63) is 85.1 Å². The number of phosphoric acid groups is 1. The van der Waals surface area contributed by atoms with Crippen LogP contribution in [0, 0.1) is 0 Å². The topological polar surface area (TPSA) is 108 Å². The Hall–Kier alpha value is -2.32. The first-order valence-corrected chi connectivity index (χ1v) is 29.9. The van der Waals surface area contributed by atoms with Gasteiger partial charge in [-0.3, -0.25) is 9.36 Å². The molecule has 0 heterocycles. The Kier molecular flexibility index (Phi) is 48.9. The van der Waals surface area contributed by atoms with Crippen molar-refractivity contribution in [3.8, 4) is 0 Å². The molecule has 0 aliphatic rings. The Labute approximate surface area is 426 Å². The molecule has 0 aromatic carbocycles. The number of likely N-dealkylation sites (N-methyl/N-ethyl adjacent to an activating group) is 1. The van der Waals surface area contributed by atoms with Crippen molar-refractivity contribution in [2.45, 2.75) is 251 Å². The molecule has 0 spiro atoms. The summed E-state index contributed by atoms with van der Waals surface area (Å²) < 4.78 is 23.3. The van der Waals surface area contributed by atoms with Gasteiger partial charge in [-0.2, -0.15) is 0 Å². The summed E-state index contributed by atoms with van der Waals surface area (Å²) in [6, 6.07) is -0.918. The molecule has 0 bridgehead atoms. The molecule has 0 rings (SSSR count). The van der Waals surface area contributed by atoms with E-state index in [1.54, 1.807) is 6.08 Å². The molecule has 2 N–H and O–H groups in total. The molecule has 0 aliphatic carbocycles. The standard InChI is InChI=1S/C60H109N2O6P/c1-6-8-10-12-14-16-18-20-22-24-26-28-30-32-33-35-37-39-41-43-45-47-49-51-53-59(63)58(57-68-69(65,66)67-56-55-62(3,4)5)61-60(64)54-52-50-48-46-44-42-40-38-36-34-31-29-27-25-23-21-19-17-15-13-11-9-7-2/h9,11,15,17,21,23,27,29,35,37,43,45,51,53,58-59,63H,6-8,10,12-14,16,18-20,22,24-26,28,30-34,36,38-42,44,46-50,52,54-57H2,1-5H3,(H-,61,64,65,66)/b11-9-,17-15-,23-21-,29-27-,37-35+,45-43+,53-51+. The number of aliphatic hydroxyl groups is 1. The summed E-state index contributed by atoms with van der Waals surface area (Å²) in [4.78, 5) is 25.5. The van der Waals surface area contributed by atoms with Crippen LogP contribution in [0.15, 0.2) is 85.1 Å². The molecule has 0 aromatic heterocycles. The summed E-state index contributed by atoms with van der Waals surface area (Å²) in [6.07, 6.45) is 70.9. The molecule has 1 amide bonds. The highest BCUT2D eigenvalue weighted by molar-refractivity contribution is 7.45. The maximum absolute atomic E-state index is 13.0. The average Bonchev–Trinajstić information content (AvgIpc) is 3.31. The number of nitrogens with zero attached hydrogens (tertiary/aromatic N) is 1. The monoisotopic (exact) mass is 985 g/mol. The number of aliphatic hydroxyl groups excluding tert-OH is 1. The number of amides is 1. The van der Waals surface area contributed by atoms with E-state index in [4.69, 9.17) is 9.05 Å². The Balaban J connectivity index is 4.32. The van der Waals surface area contributed by atoms with Crippen molar-refractivity contribution in [2.24, 2.45) is 0 Å². The Morgan fingerprint density at radius 2 is 0.899 bits per heavy atom. The summed E-state index contributed by atoms with van der Waals surface area (Å²) in [7, 11) is 1.22. The third-order valence-electron chi connectivity index (χ3n) is 12.3. The van der Waals surface area contributed by atoms with Crippen LogP contribution in [0.5, 0.6) is 0 Å². The van der Waals surface area contributed by atoms with Gasteiger partial charge in [0.15, 0.2) is 0 Å². The SMILES string of the molecule is CC/C=C\C/C=C\C/C=C\C/C=C\CCCCCCCCCCCCC(=O)NC(COP(=O)([O-])OCC[N+](C)(C)C)C(O)/C=C/CC/C=C/CC/C=C/CCCCCCCCCCCCCCCC. The number of nitrogens with one attached hydrogen (secondary N) is 1. The molecule has 0 saturated carbocycles. The molecule has 0 aliphatic heterocycles. The molecular formula is C60H109N2O6P. The van der Waals surface area contributed by atoms with E-state index in [2.05, 4.69) is 92.1 Å². The van der Waals surface area contributed by atoms with Crippen LogP contribution in [0.4, 0.5) is 0 Å². The van der Waals surface area contributed by atoms with Gasteiger partial charge in [0, 0.05) is 6.42 Å². The summed E-state index contributed by atoms with van der Waals surface area (Å²) in [5.74, 6) is -0.218. The minimum Gasteiger partial charge on any atom is -0.756 e. The van der Waals surface area contributed by atoms with E-state index < -0.39 is 26.6 Å². The van der Waals surface area contributed by atoms with E-state index in [0.717, 1.165) is 77.0 Å². The summed E-state index contributed by atoms with van der Waals surface area (Å²) in [6.45, 7) is 4.51. The highest BCUT2D eigenvalue weighted by Crippen LogP contribution is 2.38. The van der Waals surface area contributed by atoms with Crippen molar-refractivity contribution < 1.29 is 32.9 Å². The Morgan fingerprint density at radius 1 is 0.522 bits per heavy atom. The summed E-state index contributed by atoms with van der Waals surface area (Å²) >= 11 is 0. The molecule has 0 fully saturated rings. The van der Waals surface area contributed by atoms with Crippen LogP contribution in [-0.2, 0) is 18.4 Å². The third-order valence-corrected chi connectivity index (χ3v) is 13.3. The number of hydrogen-bond acceptors (Lipinski definition) is 6. The normalized spacial score (nSPS) is 14.6. The number of phosphoric ester groups is 1. The number of unbranched alkanes of at least 4 members (excludes halogenated alkanes) is 26. The molecule has 8 nitrogen and oxygen atoms in total. The van der Waals surface area contributed by atoms with Crippen LogP contribution in [0.3, 0.4) is 0 Å². The number of rotatable bonds is 51. The first-order valence-electron chi connectivity index (χ1n) is 28.4. The van der Waals surface area contributed by atoms with E-state index in [9.17, 15) is 19.4 Å². The van der Waals surface area contributed by atoms with Gasteiger partial charge >= 0.3 is 0 Å². The zero-order valence-electron chi connectivity index (χ0n) is 45.5. The number of quaternary nitrogens is 1. The third kappa shape index (κ3) is 53.3. The van der Waals surface area contributed by atoms with Crippen molar-refractivity contribution in [1.82, 2.24) is 5.32 Å². The zero-order valence-corrected chi connectivity index (χ0v) is 46.4. The van der Waals surface area contributed by atoms with E-state index in [0.29, 0.717) is 17.4 Å². The number of hydrogen-bond donors (Lipinski definition) is 2. The molecule has 3 unspecified atom stereocenters. The smallest absolute Gasteiger partial charge is 0.268 e. The van der Waals surface area contributed by atoms with Crippen molar-refractivity contribution in [2.75, 3.05) is 40.9 Å². The highest BCUT2D eigenvalue weighted by atomic mass is 31.2. The minimum absolute atomic E-state index is 0.0135. The average molecular weight is 986 g/mol. The predicted molar refractivity (Wildman–Crippen MR) is 297 cm³/mol. The fourth-order valence-electron chi connectivity index (χ4n) is 7.88. The minimum atomic E-state index is -4.62. The van der Waals surface area contributed by atoms with Gasteiger partial charge in [-0.25, -0.2) is 0 Å². The Morgan fingerprint density at radius 3 is 1.35 bits per heavy atom. The molecule has 0 aromatic rings.